The molecule has 1 unspecified atom stereocenters. The van der Waals surface area contributed by atoms with Crippen LogP contribution in [-0.4, -0.2) is 32.1 Å². The molecule has 0 aromatic heterocycles. The molecule has 2 N–H and O–H groups in total. The summed E-state index contributed by atoms with van der Waals surface area (Å²) < 4.78 is 5.84. The van der Waals surface area contributed by atoms with E-state index < -0.39 is 0 Å². The summed E-state index contributed by atoms with van der Waals surface area (Å²) in [6.45, 7) is 4.63. The molecule has 1 saturated heterocycles. The second-order valence-corrected chi connectivity index (χ2v) is 6.57. The molecule has 20 heavy (non-hydrogen) atoms. The van der Waals surface area contributed by atoms with Gasteiger partial charge in [0, 0.05) is 42.9 Å². The molecule has 0 aliphatic carbocycles. The predicted octanol–water partition coefficient (Wildman–Crippen LogP) is 3.26. The van der Waals surface area contributed by atoms with Crippen molar-refractivity contribution in [3.63, 3.8) is 0 Å². The standard InChI is InChI=1S/C16H26N2OS/c1-3-20-16-9-6-8-15(14(16)11-17)18(2)12-13-7-4-5-10-19-13/h6,8-9,13H,3-5,7,10-12,17H2,1-2H3. The Balaban J connectivity index is 2.11. The summed E-state index contributed by atoms with van der Waals surface area (Å²) in [5.74, 6) is 1.08. The molecule has 1 aromatic rings. The Hall–Kier alpha value is -0.710. The maximum absolute atomic E-state index is 5.98. The highest BCUT2D eigenvalue weighted by Crippen LogP contribution is 2.30. The molecule has 3 nitrogen and oxygen atoms in total. The fourth-order valence-corrected chi connectivity index (χ4v) is 3.61. The second kappa shape index (κ2) is 7.91. The monoisotopic (exact) mass is 294 g/mol. The molecule has 1 aromatic carbocycles. The van der Waals surface area contributed by atoms with E-state index in [1.54, 1.807) is 0 Å². The maximum Gasteiger partial charge on any atom is 0.0749 e. The number of likely N-dealkylation sites (N-methyl/N-ethyl adjacent to an activating group) is 1. The Morgan fingerprint density at radius 1 is 1.40 bits per heavy atom. The summed E-state index contributed by atoms with van der Waals surface area (Å²) >= 11 is 1.87. The Morgan fingerprint density at radius 3 is 2.90 bits per heavy atom. The fraction of sp³-hybridized carbons (Fsp3) is 0.625. The number of nitrogens with two attached hydrogens (primary N) is 1. The van der Waals surface area contributed by atoms with E-state index in [4.69, 9.17) is 10.5 Å². The van der Waals surface area contributed by atoms with E-state index in [0.717, 1.165) is 18.9 Å². The predicted molar refractivity (Wildman–Crippen MR) is 87.6 cm³/mol. The fourth-order valence-electron chi connectivity index (χ4n) is 2.76. The van der Waals surface area contributed by atoms with Crippen molar-refractivity contribution < 1.29 is 4.74 Å². The molecule has 4 heteroatoms. The number of thioether (sulfide) groups is 1. The molecule has 2 rings (SSSR count). The van der Waals surface area contributed by atoms with Gasteiger partial charge in [-0.2, -0.15) is 0 Å². The van der Waals surface area contributed by atoms with Crippen molar-refractivity contribution in [3.05, 3.63) is 23.8 Å². The lowest BCUT2D eigenvalue weighted by molar-refractivity contribution is 0.0216. The van der Waals surface area contributed by atoms with Gasteiger partial charge < -0.3 is 15.4 Å². The lowest BCUT2D eigenvalue weighted by Gasteiger charge is -2.30. The van der Waals surface area contributed by atoms with Crippen LogP contribution in [0.3, 0.4) is 0 Å². The van der Waals surface area contributed by atoms with Gasteiger partial charge in [-0.3, -0.25) is 0 Å². The Labute approximate surface area is 126 Å². The van der Waals surface area contributed by atoms with E-state index in [1.165, 1.54) is 35.4 Å². The summed E-state index contributed by atoms with van der Waals surface area (Å²) in [7, 11) is 2.15. The number of hydrogen-bond donors (Lipinski definition) is 1. The number of benzene rings is 1. The lowest BCUT2D eigenvalue weighted by atomic mass is 10.1. The van der Waals surface area contributed by atoms with E-state index in [1.807, 2.05) is 11.8 Å². The zero-order valence-corrected chi connectivity index (χ0v) is 13.4. The van der Waals surface area contributed by atoms with E-state index in [9.17, 15) is 0 Å². The van der Waals surface area contributed by atoms with Gasteiger partial charge in [0.05, 0.1) is 6.10 Å². The van der Waals surface area contributed by atoms with Crippen molar-refractivity contribution >= 4 is 17.4 Å². The quantitative estimate of drug-likeness (QED) is 0.817. The minimum atomic E-state index is 0.363. The van der Waals surface area contributed by atoms with Gasteiger partial charge in [-0.25, -0.2) is 0 Å². The lowest BCUT2D eigenvalue weighted by Crippen LogP contribution is -2.34. The van der Waals surface area contributed by atoms with Crippen molar-refractivity contribution in [1.29, 1.82) is 0 Å². The van der Waals surface area contributed by atoms with Crippen LogP contribution < -0.4 is 10.6 Å². The topological polar surface area (TPSA) is 38.5 Å². The molecule has 1 fully saturated rings. The van der Waals surface area contributed by atoms with Gasteiger partial charge in [-0.05, 0) is 37.1 Å². The molecular weight excluding hydrogens is 268 g/mol. The highest BCUT2D eigenvalue weighted by Gasteiger charge is 2.18. The van der Waals surface area contributed by atoms with Crippen molar-refractivity contribution in [3.8, 4) is 0 Å². The minimum absolute atomic E-state index is 0.363. The molecular formula is C16H26N2OS. The van der Waals surface area contributed by atoms with Gasteiger partial charge in [-0.15, -0.1) is 11.8 Å². The molecule has 0 amide bonds. The van der Waals surface area contributed by atoms with Crippen LogP contribution in [0.4, 0.5) is 5.69 Å². The number of nitrogens with zero attached hydrogens (tertiary/aromatic N) is 1. The maximum atomic E-state index is 5.98. The zero-order valence-electron chi connectivity index (χ0n) is 12.6. The average molecular weight is 294 g/mol. The second-order valence-electron chi connectivity index (χ2n) is 5.26. The Morgan fingerprint density at radius 2 is 2.25 bits per heavy atom. The molecule has 0 saturated carbocycles. The van der Waals surface area contributed by atoms with Gasteiger partial charge in [-0.1, -0.05) is 13.0 Å². The summed E-state index contributed by atoms with van der Waals surface area (Å²) in [4.78, 5) is 3.61. The number of ether oxygens (including phenoxy) is 1. The smallest absolute Gasteiger partial charge is 0.0749 e. The van der Waals surface area contributed by atoms with E-state index in [-0.39, 0.29) is 0 Å². The van der Waals surface area contributed by atoms with Crippen LogP contribution >= 0.6 is 11.8 Å². The van der Waals surface area contributed by atoms with E-state index in [2.05, 4.69) is 37.1 Å². The van der Waals surface area contributed by atoms with Crippen molar-refractivity contribution in [2.24, 2.45) is 5.73 Å². The Bertz CT molecular complexity index is 419. The third-order valence-electron chi connectivity index (χ3n) is 3.78. The first kappa shape index (κ1) is 15.7. The highest BCUT2D eigenvalue weighted by atomic mass is 32.2. The van der Waals surface area contributed by atoms with Crippen molar-refractivity contribution in [2.45, 2.75) is 43.7 Å². The van der Waals surface area contributed by atoms with Crippen LogP contribution in [0.1, 0.15) is 31.7 Å². The molecule has 0 bridgehead atoms. The highest BCUT2D eigenvalue weighted by molar-refractivity contribution is 7.99. The molecule has 0 radical (unpaired) electrons. The number of anilines is 1. The summed E-state index contributed by atoms with van der Waals surface area (Å²) in [5.41, 5.74) is 8.49. The van der Waals surface area contributed by atoms with Crippen molar-refractivity contribution in [2.75, 3.05) is 30.9 Å². The minimum Gasteiger partial charge on any atom is -0.376 e. The average Bonchev–Trinajstić information content (AvgIpc) is 2.48. The largest absolute Gasteiger partial charge is 0.376 e. The number of rotatable bonds is 6. The third kappa shape index (κ3) is 3.90. The van der Waals surface area contributed by atoms with Crippen LogP contribution in [0.25, 0.3) is 0 Å². The summed E-state index contributed by atoms with van der Waals surface area (Å²) in [6, 6.07) is 6.47. The zero-order chi connectivity index (χ0) is 14.4. The van der Waals surface area contributed by atoms with Gasteiger partial charge >= 0.3 is 0 Å². The van der Waals surface area contributed by atoms with Gasteiger partial charge in [0.1, 0.15) is 0 Å². The van der Waals surface area contributed by atoms with Gasteiger partial charge in [0.25, 0.3) is 0 Å². The first-order valence-electron chi connectivity index (χ1n) is 7.53. The third-order valence-corrected chi connectivity index (χ3v) is 4.76. The van der Waals surface area contributed by atoms with Gasteiger partial charge in [0.2, 0.25) is 0 Å². The summed E-state index contributed by atoms with van der Waals surface area (Å²) in [5, 5.41) is 0. The Kier molecular flexibility index (Phi) is 6.20. The molecule has 1 heterocycles. The first-order chi connectivity index (χ1) is 9.76. The molecule has 0 spiro atoms. The van der Waals surface area contributed by atoms with Crippen LogP contribution in [-0.2, 0) is 11.3 Å². The SMILES string of the molecule is CCSc1cccc(N(C)CC2CCCCO2)c1CN. The van der Waals surface area contributed by atoms with E-state index >= 15 is 0 Å². The van der Waals surface area contributed by atoms with Crippen LogP contribution in [0.15, 0.2) is 23.1 Å². The van der Waals surface area contributed by atoms with Crippen molar-refractivity contribution in [1.82, 2.24) is 0 Å². The summed E-state index contributed by atoms with van der Waals surface area (Å²) in [6.07, 6.45) is 4.03. The molecule has 1 aliphatic heterocycles. The first-order valence-corrected chi connectivity index (χ1v) is 8.52. The normalized spacial score (nSPS) is 19.1. The van der Waals surface area contributed by atoms with Crippen LogP contribution in [0.5, 0.6) is 0 Å². The molecule has 1 aliphatic rings. The van der Waals surface area contributed by atoms with E-state index in [0.29, 0.717) is 12.6 Å². The molecule has 1 atom stereocenters. The van der Waals surface area contributed by atoms with Gasteiger partial charge in [0.15, 0.2) is 0 Å². The number of hydrogen-bond acceptors (Lipinski definition) is 4. The molecule has 112 valence electrons. The van der Waals surface area contributed by atoms with Crippen LogP contribution in [0.2, 0.25) is 0 Å². The van der Waals surface area contributed by atoms with Crippen LogP contribution in [0, 0.1) is 0 Å².